The maximum Gasteiger partial charge on any atom is 0.222 e. The molecule has 1 amide bonds. The summed E-state index contributed by atoms with van der Waals surface area (Å²) >= 11 is 5.79. The number of halogens is 1. The van der Waals surface area contributed by atoms with Gasteiger partial charge in [-0.2, -0.15) is 0 Å². The third-order valence-electron chi connectivity index (χ3n) is 3.51. The first-order valence-electron chi connectivity index (χ1n) is 6.96. The van der Waals surface area contributed by atoms with Gasteiger partial charge in [0.1, 0.15) is 5.75 Å². The third kappa shape index (κ3) is 4.39. The third-order valence-corrected chi connectivity index (χ3v) is 3.77. The number of rotatable bonds is 6. The van der Waals surface area contributed by atoms with Crippen molar-refractivity contribution in [1.82, 2.24) is 4.90 Å². The van der Waals surface area contributed by atoms with Gasteiger partial charge < -0.3 is 14.7 Å². The van der Waals surface area contributed by atoms with Crippen LogP contribution in [-0.2, 0) is 4.79 Å². The van der Waals surface area contributed by atoms with Gasteiger partial charge in [0.15, 0.2) is 0 Å². The monoisotopic (exact) mass is 297 g/mol. The quantitative estimate of drug-likeness (QED) is 0.820. The fraction of sp³-hybridized carbons (Fsp3) is 0.533. The Bertz CT molecular complexity index is 435. The summed E-state index contributed by atoms with van der Waals surface area (Å²) in [7, 11) is 0. The molecule has 1 aliphatic rings. The zero-order valence-electron chi connectivity index (χ0n) is 11.4. The topological polar surface area (TPSA) is 49.8 Å². The maximum atomic E-state index is 11.9. The number of ether oxygens (including phenoxy) is 1. The largest absolute Gasteiger partial charge is 0.494 e. The van der Waals surface area contributed by atoms with Gasteiger partial charge in [0.25, 0.3) is 0 Å². The number of nitrogens with zero attached hydrogens (tertiary/aromatic N) is 1. The van der Waals surface area contributed by atoms with Crippen LogP contribution in [0.3, 0.4) is 0 Å². The van der Waals surface area contributed by atoms with Crippen LogP contribution in [0.25, 0.3) is 0 Å². The molecule has 0 spiro atoms. The van der Waals surface area contributed by atoms with Crippen molar-refractivity contribution >= 4 is 17.5 Å². The van der Waals surface area contributed by atoms with Crippen LogP contribution in [-0.4, -0.2) is 42.2 Å². The number of hydrogen-bond donors (Lipinski definition) is 1. The van der Waals surface area contributed by atoms with Crippen LogP contribution >= 0.6 is 11.6 Å². The minimum Gasteiger partial charge on any atom is -0.494 e. The summed E-state index contributed by atoms with van der Waals surface area (Å²) < 4.78 is 5.55. The molecular formula is C15H20ClNO3. The Labute approximate surface area is 124 Å². The summed E-state index contributed by atoms with van der Waals surface area (Å²) in [6, 6.07) is 7.19. The lowest BCUT2D eigenvalue weighted by Crippen LogP contribution is -2.29. The molecule has 1 heterocycles. The molecule has 20 heavy (non-hydrogen) atoms. The van der Waals surface area contributed by atoms with Crippen molar-refractivity contribution in [3.63, 3.8) is 0 Å². The van der Waals surface area contributed by atoms with E-state index >= 15 is 0 Å². The molecule has 2 rings (SSSR count). The summed E-state index contributed by atoms with van der Waals surface area (Å²) in [6.07, 6.45) is 2.09. The Morgan fingerprint density at radius 3 is 2.80 bits per heavy atom. The Morgan fingerprint density at radius 1 is 1.40 bits per heavy atom. The number of likely N-dealkylation sites (tertiary alicyclic amines) is 1. The molecule has 0 saturated carbocycles. The number of aliphatic hydroxyl groups is 1. The van der Waals surface area contributed by atoms with Gasteiger partial charge in [0, 0.05) is 37.1 Å². The van der Waals surface area contributed by atoms with Gasteiger partial charge in [0.05, 0.1) is 6.61 Å². The predicted molar refractivity (Wildman–Crippen MR) is 78.0 cm³/mol. The Balaban J connectivity index is 1.63. The SMILES string of the molecule is O=C(CCCOc1ccc(Cl)cc1)N1CCC(CO)C1. The number of aliphatic hydroxyl groups excluding tert-OH is 1. The van der Waals surface area contributed by atoms with Crippen LogP contribution in [0.4, 0.5) is 0 Å². The Hall–Kier alpha value is -1.26. The number of carbonyl (C=O) groups excluding carboxylic acids is 1. The first-order chi connectivity index (χ1) is 9.69. The van der Waals surface area contributed by atoms with E-state index in [0.717, 1.165) is 18.7 Å². The molecule has 5 heteroatoms. The van der Waals surface area contributed by atoms with E-state index < -0.39 is 0 Å². The van der Waals surface area contributed by atoms with Gasteiger partial charge in [-0.15, -0.1) is 0 Å². The highest BCUT2D eigenvalue weighted by molar-refractivity contribution is 6.30. The molecule has 1 aliphatic heterocycles. The van der Waals surface area contributed by atoms with Crippen LogP contribution in [0.1, 0.15) is 19.3 Å². The van der Waals surface area contributed by atoms with Gasteiger partial charge in [-0.05, 0) is 37.1 Å². The average molecular weight is 298 g/mol. The molecule has 0 aliphatic carbocycles. The number of hydrogen-bond acceptors (Lipinski definition) is 3. The van der Waals surface area contributed by atoms with Gasteiger partial charge in [-0.1, -0.05) is 11.6 Å². The smallest absolute Gasteiger partial charge is 0.222 e. The molecule has 1 saturated heterocycles. The van der Waals surface area contributed by atoms with E-state index in [1.165, 1.54) is 0 Å². The first-order valence-corrected chi connectivity index (χ1v) is 7.34. The van der Waals surface area contributed by atoms with E-state index in [-0.39, 0.29) is 18.4 Å². The fourth-order valence-electron chi connectivity index (χ4n) is 2.31. The second kappa shape index (κ2) is 7.50. The van der Waals surface area contributed by atoms with E-state index in [1.807, 2.05) is 17.0 Å². The van der Waals surface area contributed by atoms with E-state index in [2.05, 4.69) is 0 Å². The molecule has 110 valence electrons. The lowest BCUT2D eigenvalue weighted by atomic mass is 10.1. The molecule has 1 aromatic rings. The zero-order chi connectivity index (χ0) is 14.4. The molecule has 4 nitrogen and oxygen atoms in total. The van der Waals surface area contributed by atoms with Crippen LogP contribution < -0.4 is 4.74 Å². The number of benzene rings is 1. The molecule has 0 bridgehead atoms. The number of amides is 1. The van der Waals surface area contributed by atoms with Gasteiger partial charge in [-0.25, -0.2) is 0 Å². The van der Waals surface area contributed by atoms with Crippen molar-refractivity contribution < 1.29 is 14.6 Å². The second-order valence-corrected chi connectivity index (χ2v) is 5.52. The van der Waals surface area contributed by atoms with Crippen molar-refractivity contribution in [2.45, 2.75) is 19.3 Å². The van der Waals surface area contributed by atoms with Crippen LogP contribution in [0, 0.1) is 5.92 Å². The Kier molecular flexibility index (Phi) is 5.68. The first kappa shape index (κ1) is 15.1. The van der Waals surface area contributed by atoms with Crippen LogP contribution in [0.5, 0.6) is 5.75 Å². The van der Waals surface area contributed by atoms with Crippen molar-refractivity contribution in [2.24, 2.45) is 5.92 Å². The summed E-state index contributed by atoms with van der Waals surface area (Å²) in [5.74, 6) is 1.17. The normalized spacial score (nSPS) is 18.3. The van der Waals surface area contributed by atoms with E-state index in [1.54, 1.807) is 12.1 Å². The lowest BCUT2D eigenvalue weighted by Gasteiger charge is -2.16. The maximum absolute atomic E-state index is 11.9. The molecular weight excluding hydrogens is 278 g/mol. The van der Waals surface area contributed by atoms with E-state index in [9.17, 15) is 4.79 Å². The summed E-state index contributed by atoms with van der Waals surface area (Å²) in [6.45, 7) is 2.14. The van der Waals surface area contributed by atoms with E-state index in [0.29, 0.717) is 31.0 Å². The second-order valence-electron chi connectivity index (χ2n) is 5.08. The van der Waals surface area contributed by atoms with E-state index in [4.69, 9.17) is 21.4 Å². The number of carbonyl (C=O) groups is 1. The van der Waals surface area contributed by atoms with Crippen molar-refractivity contribution in [1.29, 1.82) is 0 Å². The van der Waals surface area contributed by atoms with Crippen LogP contribution in [0.2, 0.25) is 5.02 Å². The van der Waals surface area contributed by atoms with Gasteiger partial charge >= 0.3 is 0 Å². The predicted octanol–water partition coefficient (Wildman–Crippen LogP) is 2.34. The Morgan fingerprint density at radius 2 is 2.15 bits per heavy atom. The van der Waals surface area contributed by atoms with Gasteiger partial charge in [-0.3, -0.25) is 4.79 Å². The van der Waals surface area contributed by atoms with Crippen LogP contribution in [0.15, 0.2) is 24.3 Å². The fourth-order valence-corrected chi connectivity index (χ4v) is 2.44. The minimum absolute atomic E-state index is 0.153. The minimum atomic E-state index is 0.153. The molecule has 1 atom stereocenters. The molecule has 1 N–H and O–H groups in total. The summed E-state index contributed by atoms with van der Waals surface area (Å²) in [4.78, 5) is 13.8. The summed E-state index contributed by atoms with van der Waals surface area (Å²) in [5, 5.41) is 9.74. The molecule has 0 aromatic heterocycles. The molecule has 1 unspecified atom stereocenters. The van der Waals surface area contributed by atoms with Crippen molar-refractivity contribution in [3.8, 4) is 5.75 Å². The summed E-state index contributed by atoms with van der Waals surface area (Å²) in [5.41, 5.74) is 0. The lowest BCUT2D eigenvalue weighted by molar-refractivity contribution is -0.130. The average Bonchev–Trinajstić information content (AvgIpc) is 2.94. The highest BCUT2D eigenvalue weighted by atomic mass is 35.5. The molecule has 1 aromatic carbocycles. The molecule has 1 fully saturated rings. The highest BCUT2D eigenvalue weighted by Gasteiger charge is 2.24. The van der Waals surface area contributed by atoms with Gasteiger partial charge in [0.2, 0.25) is 5.91 Å². The zero-order valence-corrected chi connectivity index (χ0v) is 12.2. The van der Waals surface area contributed by atoms with Crippen molar-refractivity contribution in [3.05, 3.63) is 29.3 Å². The highest BCUT2D eigenvalue weighted by Crippen LogP contribution is 2.18. The standard InChI is InChI=1S/C15H20ClNO3/c16-13-3-5-14(6-4-13)20-9-1-2-15(19)17-8-7-12(10-17)11-18/h3-6,12,18H,1-2,7-11H2. The molecule has 0 radical (unpaired) electrons. The van der Waals surface area contributed by atoms with Crippen molar-refractivity contribution in [2.75, 3.05) is 26.3 Å².